The molecule has 0 radical (unpaired) electrons. The van der Waals surface area contributed by atoms with Crippen molar-refractivity contribution < 1.29 is 19.1 Å². The third-order valence-electron chi connectivity index (χ3n) is 4.60. The van der Waals surface area contributed by atoms with Gasteiger partial charge in [0.25, 0.3) is 5.78 Å². The molecule has 0 unspecified atom stereocenters. The first-order valence-corrected chi connectivity index (χ1v) is 8.79. The summed E-state index contributed by atoms with van der Waals surface area (Å²) in [5.41, 5.74) is 3.04. The van der Waals surface area contributed by atoms with Gasteiger partial charge in [0.15, 0.2) is 11.5 Å². The zero-order valence-corrected chi connectivity index (χ0v) is 16.5. The van der Waals surface area contributed by atoms with E-state index in [1.165, 1.54) is 11.0 Å². The smallest absolute Gasteiger partial charge is 0.300 e. The number of anilines is 1. The highest BCUT2D eigenvalue weighted by Crippen LogP contribution is 2.33. The first kappa shape index (κ1) is 19.2. The Kier molecular flexibility index (Phi) is 5.39. The average molecular weight is 389 g/mol. The number of hydrogen-bond acceptors (Lipinski definition) is 5. The number of fused-ring (bicyclic) bond motifs is 1. The first-order valence-electron chi connectivity index (χ1n) is 8.41. The monoisotopic (exact) mass is 388 g/mol. The van der Waals surface area contributed by atoms with Crippen LogP contribution in [0.25, 0.3) is 0 Å². The van der Waals surface area contributed by atoms with Crippen LogP contribution in [0.15, 0.2) is 30.3 Å². The molecule has 0 aromatic heterocycles. The number of benzene rings is 2. The van der Waals surface area contributed by atoms with Crippen molar-refractivity contribution in [2.45, 2.75) is 13.5 Å². The van der Waals surface area contributed by atoms with Gasteiger partial charge in [-0.25, -0.2) is 0 Å². The number of Topliss-reactive ketones (excluding diaryl/α,β-unsaturated/α-hetero) is 1. The topological polar surface area (TPSA) is 59.1 Å². The molecule has 1 aliphatic rings. The van der Waals surface area contributed by atoms with Crippen LogP contribution in [0.2, 0.25) is 5.02 Å². The second kappa shape index (κ2) is 7.58. The molecule has 0 bridgehead atoms. The van der Waals surface area contributed by atoms with Crippen molar-refractivity contribution >= 4 is 29.0 Å². The molecule has 0 aliphatic carbocycles. The van der Waals surface area contributed by atoms with E-state index < -0.39 is 11.7 Å². The molecular formula is C20H21ClN2O4. The van der Waals surface area contributed by atoms with Crippen LogP contribution in [-0.2, 0) is 11.3 Å². The molecule has 0 N–H and O–H groups in total. The Balaban J connectivity index is 1.80. The highest BCUT2D eigenvalue weighted by molar-refractivity contribution is 6.52. The summed E-state index contributed by atoms with van der Waals surface area (Å²) >= 11 is 5.95. The van der Waals surface area contributed by atoms with E-state index in [1.54, 1.807) is 26.4 Å². The Morgan fingerprint density at radius 2 is 1.74 bits per heavy atom. The molecule has 0 atom stereocenters. The second-order valence-electron chi connectivity index (χ2n) is 6.51. The van der Waals surface area contributed by atoms with E-state index in [-0.39, 0.29) is 6.67 Å². The molecule has 2 aromatic carbocycles. The average Bonchev–Trinajstić information content (AvgIpc) is 2.87. The Morgan fingerprint density at radius 3 is 2.41 bits per heavy atom. The van der Waals surface area contributed by atoms with Crippen LogP contribution in [-0.4, -0.2) is 44.5 Å². The second-order valence-corrected chi connectivity index (χ2v) is 6.95. The summed E-state index contributed by atoms with van der Waals surface area (Å²) in [5.74, 6) is 0.262. The molecule has 0 saturated heterocycles. The van der Waals surface area contributed by atoms with E-state index in [2.05, 4.69) is 0 Å². The van der Waals surface area contributed by atoms with Gasteiger partial charge in [-0.05, 0) is 55.4 Å². The van der Waals surface area contributed by atoms with Gasteiger partial charge in [-0.3, -0.25) is 19.4 Å². The number of aryl methyl sites for hydroxylation is 1. The Hall–Kier alpha value is -2.57. The van der Waals surface area contributed by atoms with Crippen molar-refractivity contribution in [3.63, 3.8) is 0 Å². The summed E-state index contributed by atoms with van der Waals surface area (Å²) in [7, 11) is 5.09. The molecular weight excluding hydrogens is 368 g/mol. The fourth-order valence-corrected chi connectivity index (χ4v) is 3.36. The Morgan fingerprint density at radius 1 is 1.07 bits per heavy atom. The van der Waals surface area contributed by atoms with Crippen LogP contribution in [0.1, 0.15) is 21.5 Å². The van der Waals surface area contributed by atoms with Crippen molar-refractivity contribution in [1.29, 1.82) is 0 Å². The van der Waals surface area contributed by atoms with Crippen LogP contribution in [0.3, 0.4) is 0 Å². The maximum Gasteiger partial charge on any atom is 0.300 e. The molecule has 142 valence electrons. The van der Waals surface area contributed by atoms with Gasteiger partial charge in [0.05, 0.1) is 32.1 Å². The quantitative estimate of drug-likeness (QED) is 0.711. The van der Waals surface area contributed by atoms with Gasteiger partial charge in [-0.2, -0.15) is 0 Å². The number of rotatable bonds is 6. The summed E-state index contributed by atoms with van der Waals surface area (Å²) < 4.78 is 10.7. The van der Waals surface area contributed by atoms with Gasteiger partial charge < -0.3 is 9.47 Å². The summed E-state index contributed by atoms with van der Waals surface area (Å²) in [4.78, 5) is 28.0. The number of carbonyl (C=O) groups is 2. The van der Waals surface area contributed by atoms with Gasteiger partial charge in [-0.15, -0.1) is 0 Å². The number of amides is 1. The van der Waals surface area contributed by atoms with Gasteiger partial charge in [0, 0.05) is 11.6 Å². The number of ether oxygens (including phenoxy) is 2. The predicted octanol–water partition coefficient (Wildman–Crippen LogP) is 3.28. The Bertz CT molecular complexity index is 913. The van der Waals surface area contributed by atoms with E-state index >= 15 is 0 Å². The standard InChI is InChI=1S/C20H21ClN2O4/c1-12-7-17(26-3)18(27-4)8-13(12)10-22(2)11-23-16-6-5-14(21)9-15(16)19(24)20(23)25/h5-9H,10-11H2,1-4H3. The minimum absolute atomic E-state index is 0.285. The van der Waals surface area contributed by atoms with Gasteiger partial charge in [0.1, 0.15) is 0 Å². The minimum atomic E-state index is -0.539. The molecule has 0 spiro atoms. The summed E-state index contributed by atoms with van der Waals surface area (Å²) in [5, 5.41) is 0.436. The fraction of sp³-hybridized carbons (Fsp3) is 0.300. The van der Waals surface area contributed by atoms with E-state index in [4.69, 9.17) is 21.1 Å². The predicted molar refractivity (Wildman–Crippen MR) is 104 cm³/mol. The number of ketones is 1. The van der Waals surface area contributed by atoms with Crippen LogP contribution in [0.5, 0.6) is 11.5 Å². The van der Waals surface area contributed by atoms with Gasteiger partial charge >= 0.3 is 5.91 Å². The molecule has 0 fully saturated rings. The largest absolute Gasteiger partial charge is 0.493 e. The minimum Gasteiger partial charge on any atom is -0.493 e. The lowest BCUT2D eigenvalue weighted by Gasteiger charge is -2.25. The van der Waals surface area contributed by atoms with Crippen molar-refractivity contribution in [2.75, 3.05) is 32.8 Å². The summed E-state index contributed by atoms with van der Waals surface area (Å²) in [6.45, 7) is 2.85. The molecule has 3 rings (SSSR count). The fourth-order valence-electron chi connectivity index (χ4n) is 3.19. The molecule has 1 amide bonds. The lowest BCUT2D eigenvalue weighted by atomic mass is 10.1. The number of halogens is 1. The van der Waals surface area contributed by atoms with Crippen molar-refractivity contribution in [3.8, 4) is 11.5 Å². The molecule has 2 aromatic rings. The van der Waals surface area contributed by atoms with Crippen LogP contribution in [0.4, 0.5) is 5.69 Å². The third-order valence-corrected chi connectivity index (χ3v) is 4.83. The molecule has 27 heavy (non-hydrogen) atoms. The van der Waals surface area contributed by atoms with Crippen LogP contribution < -0.4 is 14.4 Å². The van der Waals surface area contributed by atoms with Crippen LogP contribution >= 0.6 is 11.6 Å². The zero-order valence-electron chi connectivity index (χ0n) is 15.7. The zero-order chi connectivity index (χ0) is 19.7. The van der Waals surface area contributed by atoms with Crippen molar-refractivity contribution in [3.05, 3.63) is 52.0 Å². The Labute approximate surface area is 163 Å². The van der Waals surface area contributed by atoms with Gasteiger partial charge in [0.2, 0.25) is 0 Å². The molecule has 0 saturated carbocycles. The number of methoxy groups -OCH3 is 2. The van der Waals surface area contributed by atoms with Crippen molar-refractivity contribution in [1.82, 2.24) is 4.90 Å². The number of carbonyl (C=O) groups excluding carboxylic acids is 2. The van der Waals surface area contributed by atoms with Crippen LogP contribution in [0, 0.1) is 6.92 Å². The molecule has 1 heterocycles. The number of nitrogens with zero attached hydrogens (tertiary/aromatic N) is 2. The van der Waals surface area contributed by atoms with E-state index in [0.29, 0.717) is 34.3 Å². The molecule has 6 nitrogen and oxygen atoms in total. The third kappa shape index (κ3) is 3.63. The maximum atomic E-state index is 12.4. The van der Waals surface area contributed by atoms with E-state index in [1.807, 2.05) is 31.0 Å². The van der Waals surface area contributed by atoms with E-state index in [9.17, 15) is 9.59 Å². The van der Waals surface area contributed by atoms with Crippen molar-refractivity contribution in [2.24, 2.45) is 0 Å². The summed E-state index contributed by atoms with van der Waals surface area (Å²) in [6.07, 6.45) is 0. The first-order chi connectivity index (χ1) is 12.8. The number of hydrogen-bond donors (Lipinski definition) is 0. The lowest BCUT2D eigenvalue weighted by Crippen LogP contribution is -2.39. The lowest BCUT2D eigenvalue weighted by molar-refractivity contribution is -0.114. The normalized spacial score (nSPS) is 13.3. The molecule has 1 aliphatic heterocycles. The SMILES string of the molecule is COc1cc(C)c(CN(C)CN2C(=O)C(=O)c3cc(Cl)ccc32)cc1OC. The molecule has 7 heteroatoms. The maximum absolute atomic E-state index is 12.4. The highest BCUT2D eigenvalue weighted by Gasteiger charge is 2.36. The van der Waals surface area contributed by atoms with Gasteiger partial charge in [-0.1, -0.05) is 11.6 Å². The summed E-state index contributed by atoms with van der Waals surface area (Å²) in [6, 6.07) is 8.77. The van der Waals surface area contributed by atoms with E-state index in [0.717, 1.165) is 11.1 Å². The highest BCUT2D eigenvalue weighted by atomic mass is 35.5.